The van der Waals surface area contributed by atoms with Crippen LogP contribution in [0.3, 0.4) is 0 Å². The molecular formula is C48H86N2NaO16PS. The minimum atomic E-state index is -4.02. The molecule has 1 saturated heterocycles. The van der Waals surface area contributed by atoms with Crippen molar-refractivity contribution in [3.05, 3.63) is 42.0 Å². The van der Waals surface area contributed by atoms with Crippen LogP contribution in [0.5, 0.6) is 0 Å². The predicted molar refractivity (Wildman–Crippen MR) is 264 cm³/mol. The number of nitrogens with zero attached hydrogens (tertiary/aromatic N) is 1. The Morgan fingerprint density at radius 3 is 1.49 bits per heavy atom. The van der Waals surface area contributed by atoms with Gasteiger partial charge in [-0.3, -0.25) is 23.5 Å². The molecule has 396 valence electrons. The molecule has 21 heteroatoms. The van der Waals surface area contributed by atoms with Crippen LogP contribution in [0.2, 0.25) is 0 Å². The summed E-state index contributed by atoms with van der Waals surface area (Å²) in [5, 5.41) is 10.6. The van der Waals surface area contributed by atoms with Gasteiger partial charge in [0.15, 0.2) is 0 Å². The van der Waals surface area contributed by atoms with Crippen LogP contribution < -0.4 is 34.9 Å². The third-order valence-corrected chi connectivity index (χ3v) is 9.57. The van der Waals surface area contributed by atoms with Gasteiger partial charge in [-0.15, -0.1) is 0 Å². The zero-order valence-corrected chi connectivity index (χ0v) is 48.9. The van der Waals surface area contributed by atoms with Crippen molar-refractivity contribution in [1.82, 2.24) is 5.32 Å². The molecule has 0 unspecified atom stereocenters. The molecule has 1 fully saturated rings. The summed E-state index contributed by atoms with van der Waals surface area (Å²) in [5.74, 6) is -0.555. The first-order chi connectivity index (χ1) is 30.9. The van der Waals surface area contributed by atoms with Gasteiger partial charge in [0, 0.05) is 19.6 Å². The van der Waals surface area contributed by atoms with Crippen LogP contribution in [-0.2, 0) is 66.6 Å². The van der Waals surface area contributed by atoms with Crippen molar-refractivity contribution in [3.8, 4) is 6.07 Å². The molecule has 0 aromatic heterocycles. The second-order valence-corrected chi connectivity index (χ2v) is 22.3. The number of amides is 1. The molecule has 2 N–H and O–H groups in total. The number of ether oxygens (including phenoxy) is 5. The fourth-order valence-electron chi connectivity index (χ4n) is 4.44. The minimum Gasteiger partial charge on any atom is -1.00 e. The summed E-state index contributed by atoms with van der Waals surface area (Å²) in [6.45, 7) is 35.1. The second kappa shape index (κ2) is 38.5. The Kier molecular flexibility index (Phi) is 41.7. The first kappa shape index (κ1) is 74.8. The van der Waals surface area contributed by atoms with Crippen LogP contribution in [0.25, 0.3) is 0 Å². The van der Waals surface area contributed by atoms with E-state index in [1.165, 1.54) is 25.0 Å². The van der Waals surface area contributed by atoms with Gasteiger partial charge in [0.05, 0.1) is 43.1 Å². The number of hydrogen-bond acceptors (Lipinski definition) is 16. The quantitative estimate of drug-likeness (QED) is 0.0350. The van der Waals surface area contributed by atoms with Crippen LogP contribution in [0, 0.1) is 24.2 Å². The van der Waals surface area contributed by atoms with Gasteiger partial charge >= 0.3 is 61.2 Å². The number of rotatable bonds is 14. The molecule has 0 radical (unpaired) electrons. The molecule has 1 aromatic carbocycles. The number of carbonyl (C=O) groups is 5. The number of alkyl carbamates (subject to hydrolysis) is 1. The Hall–Kier alpha value is -3.18. The van der Waals surface area contributed by atoms with E-state index in [0.29, 0.717) is 32.3 Å². The van der Waals surface area contributed by atoms with Gasteiger partial charge in [-0.05, 0) is 142 Å². The maximum absolute atomic E-state index is 11.5. The number of allylic oxidation sites excluding steroid dienone is 2. The van der Waals surface area contributed by atoms with Gasteiger partial charge in [-0.2, -0.15) is 13.7 Å². The topological polar surface area (TPSA) is 257 Å². The molecule has 18 nitrogen and oxygen atoms in total. The number of nitriles is 1. The van der Waals surface area contributed by atoms with Crippen molar-refractivity contribution in [3.63, 3.8) is 0 Å². The smallest absolute Gasteiger partial charge is 1.00 e. The average Bonchev–Trinajstić information content (AvgIpc) is 3.74. The first-order valence-corrected chi connectivity index (χ1v) is 25.7. The molecule has 0 bridgehead atoms. The number of benzene rings is 1. The zero-order valence-electron chi connectivity index (χ0n) is 46.1. The Labute approximate surface area is 438 Å². The monoisotopic (exact) mass is 1030 g/mol. The Morgan fingerprint density at radius 1 is 0.797 bits per heavy atom. The summed E-state index contributed by atoms with van der Waals surface area (Å²) in [7, 11) is -7.10. The van der Waals surface area contributed by atoms with E-state index < -0.39 is 47.0 Å². The number of esters is 3. The van der Waals surface area contributed by atoms with Gasteiger partial charge in [0.25, 0.3) is 10.1 Å². The van der Waals surface area contributed by atoms with Gasteiger partial charge in [0.2, 0.25) is 0 Å². The van der Waals surface area contributed by atoms with Crippen molar-refractivity contribution in [2.24, 2.45) is 5.92 Å². The summed E-state index contributed by atoms with van der Waals surface area (Å²) >= 11 is 0. The van der Waals surface area contributed by atoms with Crippen LogP contribution in [0.4, 0.5) is 4.79 Å². The fraction of sp³-hybridized carbons (Fsp3) is 0.708. The Balaban J connectivity index is -0.000000180. The zero-order chi connectivity index (χ0) is 54.0. The van der Waals surface area contributed by atoms with Crippen molar-refractivity contribution in [2.75, 3.05) is 32.6 Å². The van der Waals surface area contributed by atoms with E-state index >= 15 is 0 Å². The molecule has 1 heterocycles. The fourth-order valence-corrected chi connectivity index (χ4v) is 6.14. The van der Waals surface area contributed by atoms with E-state index in [2.05, 4.69) is 5.32 Å². The molecule has 2 rings (SSSR count). The standard InChI is InChI=1S/C13H23NO5.C11H20O2.C7H8O3S.C7H14O2.C6H12NO3P.C4H8O.Na.H/c1-12(2,3)18-10(16)7-9(8-15)14-11(17)19-13(4,5)6;1-6-7-9(2)8-10(12)13-11(3,4)5;1-6-2-4-7(5-3-6)11(8,9)10;1-5-6(8)9-7(2,3)4;1-3-9-11(8,6-5-7)10-4-2;1-2-4-5-3-1;;/h8-9H,7H2,1-6H3,(H,14,17);6-7,9H,8H2,1-5H3;2-5H,1H3,(H,8,9,10);5H2,1-4H3;3-4,6H2,1-2H3;1-4H2;;/q;;;;;;+1;-1/b;7-6+;;;;;;/t2*9-;;;;;;/m01....../s1. The molecule has 1 amide bonds. The summed E-state index contributed by atoms with van der Waals surface area (Å²) < 4.78 is 75.7. The van der Waals surface area contributed by atoms with Crippen LogP contribution in [0.15, 0.2) is 41.3 Å². The molecule has 2 atom stereocenters. The molecular weight excluding hydrogens is 947 g/mol. The van der Waals surface area contributed by atoms with Crippen LogP contribution >= 0.6 is 7.60 Å². The van der Waals surface area contributed by atoms with Gasteiger partial charge < -0.3 is 44.3 Å². The average molecular weight is 1030 g/mol. The maximum Gasteiger partial charge on any atom is 1.00 e. The van der Waals surface area contributed by atoms with E-state index in [9.17, 15) is 37.0 Å². The summed E-state index contributed by atoms with van der Waals surface area (Å²) in [6, 6.07) is 6.80. The van der Waals surface area contributed by atoms with Crippen molar-refractivity contribution in [2.45, 2.75) is 190 Å². The molecule has 0 aliphatic carbocycles. The molecule has 1 aromatic rings. The Morgan fingerprint density at radius 2 is 1.20 bits per heavy atom. The van der Waals surface area contributed by atoms with Crippen LogP contribution in [0.1, 0.15) is 157 Å². The maximum atomic E-state index is 11.5. The summed E-state index contributed by atoms with van der Waals surface area (Å²) in [6.07, 6.45) is 6.77. The van der Waals surface area contributed by atoms with Gasteiger partial charge in [-0.1, -0.05) is 43.7 Å². The van der Waals surface area contributed by atoms with E-state index in [1.54, 1.807) is 80.5 Å². The number of aldehydes is 1. The molecule has 0 spiro atoms. The number of aryl methyl sites for hydroxylation is 1. The van der Waals surface area contributed by atoms with E-state index in [-0.39, 0.29) is 77.5 Å². The van der Waals surface area contributed by atoms with Crippen molar-refractivity contribution in [1.29, 1.82) is 5.26 Å². The predicted octanol–water partition coefficient (Wildman–Crippen LogP) is 7.41. The normalized spacial score (nSPS) is 13.2. The minimum absolute atomic E-state index is 0. The SMILES string of the molecule is C/C=C/[C@@H](C)CC(=O)OC(C)(C)C.C1CCOC1.CC(C)(C)OC(=O)C[C@@H](C=O)NC(=O)OC(C)(C)C.CCC(=O)OC(C)(C)C.CCOP(=O)(CC#N)OCC.Cc1ccc(S(=O)(=O)O)cc1.[H-].[Na+]. The number of hydrogen-bond donors (Lipinski definition) is 2. The third kappa shape index (κ3) is 54.0. The van der Waals surface area contributed by atoms with E-state index in [4.69, 9.17) is 42.5 Å². The summed E-state index contributed by atoms with van der Waals surface area (Å²) in [4.78, 5) is 55.6. The molecule has 1 aliphatic rings. The largest absolute Gasteiger partial charge is 1.00 e. The van der Waals surface area contributed by atoms with Gasteiger partial charge in [0.1, 0.15) is 34.9 Å². The second-order valence-electron chi connectivity index (χ2n) is 18.8. The van der Waals surface area contributed by atoms with Crippen molar-refractivity contribution >= 4 is 48.0 Å². The molecule has 0 saturated carbocycles. The third-order valence-electron chi connectivity index (χ3n) is 6.87. The van der Waals surface area contributed by atoms with Gasteiger partial charge in [-0.25, -0.2) is 4.79 Å². The molecule has 1 aliphatic heterocycles. The summed E-state index contributed by atoms with van der Waals surface area (Å²) in [5.41, 5.74) is -1.03. The first-order valence-electron chi connectivity index (χ1n) is 22.5. The van der Waals surface area contributed by atoms with E-state index in [0.717, 1.165) is 18.8 Å². The molecule has 69 heavy (non-hydrogen) atoms. The number of nitrogens with one attached hydrogen (secondary N) is 1. The van der Waals surface area contributed by atoms with Crippen LogP contribution in [-0.4, -0.2) is 104 Å². The number of carbonyl (C=O) groups excluding carboxylic acids is 5. The van der Waals surface area contributed by atoms with E-state index in [1.807, 2.05) is 74.5 Å². The Bertz CT molecular complexity index is 1780. The van der Waals surface area contributed by atoms with Crippen molar-refractivity contribution < 1.29 is 105 Å².